The number of carbonyl (C=O) groups is 3. The molecule has 3 fully saturated rings. The van der Waals surface area contributed by atoms with Gasteiger partial charge in [0, 0.05) is 43.7 Å². The quantitative estimate of drug-likeness (QED) is 0.693. The summed E-state index contributed by atoms with van der Waals surface area (Å²) in [4.78, 5) is 42.1. The Hall–Kier alpha value is -2.41. The minimum atomic E-state index is -0.107. The van der Waals surface area contributed by atoms with Gasteiger partial charge in [-0.15, -0.1) is 0 Å². The van der Waals surface area contributed by atoms with Gasteiger partial charge >= 0.3 is 0 Å². The van der Waals surface area contributed by atoms with Crippen molar-refractivity contribution in [3.8, 4) is 0 Å². The van der Waals surface area contributed by atoms with Gasteiger partial charge in [0.1, 0.15) is 0 Å². The number of hydrogen-bond donors (Lipinski definition) is 2. The minimum Gasteiger partial charge on any atom is -0.343 e. The smallest absolute Gasteiger partial charge is 0.253 e. The normalized spacial score (nSPS) is 27.5. The number of carbonyl (C=O) groups excluding carboxylic acids is 3. The van der Waals surface area contributed by atoms with Crippen LogP contribution in [0.2, 0.25) is 0 Å². The predicted octanol–water partition coefficient (Wildman–Crippen LogP) is 2.76. The molecule has 33 heavy (non-hydrogen) atoms. The summed E-state index contributed by atoms with van der Waals surface area (Å²) in [6, 6.07) is 8.07. The van der Waals surface area contributed by atoms with Gasteiger partial charge in [-0.1, -0.05) is 25.0 Å². The molecule has 7 heteroatoms. The lowest BCUT2D eigenvalue weighted by atomic mass is 9.72. The molecule has 1 aromatic rings. The van der Waals surface area contributed by atoms with E-state index in [1.54, 1.807) is 0 Å². The molecular formula is C26H38N4O3. The molecule has 2 aliphatic heterocycles. The Morgan fingerprint density at radius 1 is 1.09 bits per heavy atom. The largest absolute Gasteiger partial charge is 0.343 e. The van der Waals surface area contributed by atoms with E-state index in [1.165, 1.54) is 6.42 Å². The van der Waals surface area contributed by atoms with Crippen molar-refractivity contribution in [3.63, 3.8) is 0 Å². The maximum absolute atomic E-state index is 13.3. The Labute approximate surface area is 197 Å². The fraction of sp³-hybridized carbons (Fsp3) is 0.654. The zero-order valence-corrected chi connectivity index (χ0v) is 20.0. The second-order valence-electron chi connectivity index (χ2n) is 9.80. The average molecular weight is 455 g/mol. The molecule has 1 aromatic carbocycles. The van der Waals surface area contributed by atoms with Gasteiger partial charge in [-0.05, 0) is 69.6 Å². The van der Waals surface area contributed by atoms with Crippen molar-refractivity contribution in [1.29, 1.82) is 0 Å². The van der Waals surface area contributed by atoms with E-state index in [0.717, 1.165) is 44.1 Å². The van der Waals surface area contributed by atoms with E-state index in [2.05, 4.69) is 16.9 Å². The van der Waals surface area contributed by atoms with Crippen molar-refractivity contribution >= 4 is 17.7 Å². The summed E-state index contributed by atoms with van der Waals surface area (Å²) in [6.45, 7) is 6.61. The average Bonchev–Trinajstić information content (AvgIpc) is 2.86. The van der Waals surface area contributed by atoms with Crippen molar-refractivity contribution in [2.45, 2.75) is 64.8 Å². The lowest BCUT2D eigenvalue weighted by Gasteiger charge is -2.41. The number of hydrogen-bond acceptors (Lipinski definition) is 4. The maximum atomic E-state index is 13.3. The third kappa shape index (κ3) is 5.24. The Morgan fingerprint density at radius 3 is 2.67 bits per heavy atom. The van der Waals surface area contributed by atoms with Crippen LogP contribution in [-0.4, -0.2) is 59.7 Å². The third-order valence-electron chi connectivity index (χ3n) is 7.82. The van der Waals surface area contributed by atoms with Gasteiger partial charge in [0.2, 0.25) is 11.8 Å². The molecule has 0 spiro atoms. The maximum Gasteiger partial charge on any atom is 0.253 e. The molecule has 1 aliphatic carbocycles. The molecule has 4 unspecified atom stereocenters. The molecule has 0 bridgehead atoms. The molecule has 4 atom stereocenters. The number of nitrogens with zero attached hydrogens (tertiary/aromatic N) is 2. The summed E-state index contributed by atoms with van der Waals surface area (Å²) in [5.74, 6) is 0.639. The monoisotopic (exact) mass is 454 g/mol. The fourth-order valence-corrected chi connectivity index (χ4v) is 5.96. The van der Waals surface area contributed by atoms with Crippen molar-refractivity contribution in [2.75, 3.05) is 26.2 Å². The highest BCUT2D eigenvalue weighted by Crippen LogP contribution is 2.35. The van der Waals surface area contributed by atoms with Crippen LogP contribution in [0.5, 0.6) is 0 Å². The highest BCUT2D eigenvalue weighted by atomic mass is 16.2. The number of amides is 3. The van der Waals surface area contributed by atoms with Crippen molar-refractivity contribution in [1.82, 2.24) is 20.7 Å². The highest BCUT2D eigenvalue weighted by Gasteiger charge is 2.40. The molecule has 2 saturated heterocycles. The lowest BCUT2D eigenvalue weighted by molar-refractivity contribution is -0.136. The van der Waals surface area contributed by atoms with E-state index < -0.39 is 0 Å². The van der Waals surface area contributed by atoms with Crippen molar-refractivity contribution in [2.24, 2.45) is 17.8 Å². The molecule has 1 saturated carbocycles. The lowest BCUT2D eigenvalue weighted by Crippen LogP contribution is -2.60. The summed E-state index contributed by atoms with van der Waals surface area (Å²) in [6.07, 6.45) is 6.83. The molecule has 4 rings (SSSR count). The molecule has 2 heterocycles. The summed E-state index contributed by atoms with van der Waals surface area (Å²) < 4.78 is 0. The summed E-state index contributed by atoms with van der Waals surface area (Å²) >= 11 is 0. The first kappa shape index (κ1) is 23.7. The van der Waals surface area contributed by atoms with E-state index in [0.29, 0.717) is 37.7 Å². The van der Waals surface area contributed by atoms with Crippen LogP contribution in [0.25, 0.3) is 0 Å². The van der Waals surface area contributed by atoms with E-state index in [9.17, 15) is 14.4 Å². The SMILES string of the molecule is CCN(CC)C(=O)C1CCCN(C(=O)c2cccc(CC3NNC(=O)C4CCCCC34)c2)C1. The standard InChI is InChI=1S/C26H38N4O3/c1-3-29(4-2)26(33)20-11-8-14-30(17-20)25(32)19-10-7-9-18(15-19)16-23-21-12-5-6-13-22(21)24(31)28-27-23/h7,9-10,15,20-23,27H,3-6,8,11-14,16-17H2,1-2H3,(H,28,31). The van der Waals surface area contributed by atoms with E-state index in [4.69, 9.17) is 0 Å². The predicted molar refractivity (Wildman–Crippen MR) is 127 cm³/mol. The summed E-state index contributed by atoms with van der Waals surface area (Å²) in [5.41, 5.74) is 7.89. The molecule has 3 aliphatic rings. The fourth-order valence-electron chi connectivity index (χ4n) is 5.96. The Balaban J connectivity index is 1.42. The number of benzene rings is 1. The van der Waals surface area contributed by atoms with Crippen molar-refractivity contribution < 1.29 is 14.4 Å². The van der Waals surface area contributed by atoms with Gasteiger partial charge in [-0.25, -0.2) is 5.43 Å². The Bertz CT molecular complexity index is 869. The first-order chi connectivity index (χ1) is 16.0. The van der Waals surface area contributed by atoms with Gasteiger partial charge in [-0.3, -0.25) is 19.8 Å². The number of fused-ring (bicyclic) bond motifs is 1. The first-order valence-electron chi connectivity index (χ1n) is 12.7. The van der Waals surface area contributed by atoms with E-state index in [1.807, 2.05) is 41.8 Å². The van der Waals surface area contributed by atoms with Crippen LogP contribution >= 0.6 is 0 Å². The third-order valence-corrected chi connectivity index (χ3v) is 7.82. The molecule has 0 radical (unpaired) electrons. The molecular weight excluding hydrogens is 416 g/mol. The van der Waals surface area contributed by atoms with Crippen LogP contribution in [0, 0.1) is 17.8 Å². The number of rotatable bonds is 6. The van der Waals surface area contributed by atoms with Gasteiger partial charge < -0.3 is 9.80 Å². The van der Waals surface area contributed by atoms with E-state index in [-0.39, 0.29) is 35.6 Å². The topological polar surface area (TPSA) is 81.8 Å². The van der Waals surface area contributed by atoms with Crippen molar-refractivity contribution in [3.05, 3.63) is 35.4 Å². The van der Waals surface area contributed by atoms with Crippen LogP contribution < -0.4 is 10.9 Å². The molecule has 180 valence electrons. The number of piperidine rings is 1. The zero-order chi connectivity index (χ0) is 23.4. The van der Waals surface area contributed by atoms with E-state index >= 15 is 0 Å². The number of hydrazine groups is 1. The van der Waals surface area contributed by atoms with Crippen LogP contribution in [0.15, 0.2) is 24.3 Å². The Morgan fingerprint density at radius 2 is 1.88 bits per heavy atom. The van der Waals surface area contributed by atoms with Gasteiger partial charge in [0.15, 0.2) is 0 Å². The summed E-state index contributed by atoms with van der Waals surface area (Å²) in [7, 11) is 0. The molecule has 0 aromatic heterocycles. The highest BCUT2D eigenvalue weighted by molar-refractivity contribution is 5.95. The van der Waals surface area contributed by atoms with Crippen LogP contribution in [0.1, 0.15) is 68.3 Å². The van der Waals surface area contributed by atoms with Crippen LogP contribution in [0.4, 0.5) is 0 Å². The molecule has 3 amide bonds. The summed E-state index contributed by atoms with van der Waals surface area (Å²) in [5, 5.41) is 0. The second-order valence-corrected chi connectivity index (χ2v) is 9.80. The number of likely N-dealkylation sites (tertiary alicyclic amines) is 1. The number of nitrogens with one attached hydrogen (secondary N) is 2. The van der Waals surface area contributed by atoms with Crippen LogP contribution in [0.3, 0.4) is 0 Å². The Kier molecular flexibility index (Phi) is 7.68. The first-order valence-corrected chi connectivity index (χ1v) is 12.7. The second kappa shape index (κ2) is 10.7. The molecule has 2 N–H and O–H groups in total. The molecule has 7 nitrogen and oxygen atoms in total. The van der Waals surface area contributed by atoms with Gasteiger partial charge in [0.05, 0.1) is 5.92 Å². The van der Waals surface area contributed by atoms with Gasteiger partial charge in [0.25, 0.3) is 5.91 Å². The van der Waals surface area contributed by atoms with Crippen LogP contribution in [-0.2, 0) is 16.0 Å². The minimum absolute atomic E-state index is 0.00865. The van der Waals surface area contributed by atoms with Gasteiger partial charge in [-0.2, -0.15) is 0 Å². The zero-order valence-electron chi connectivity index (χ0n) is 20.0.